The molecule has 2 rings (SSSR count). The van der Waals surface area contributed by atoms with E-state index in [1.165, 1.54) is 0 Å². The maximum Gasteiger partial charge on any atom is 0.239 e. The zero-order valence-corrected chi connectivity index (χ0v) is 10.4. The van der Waals surface area contributed by atoms with Gasteiger partial charge in [0.15, 0.2) is 11.6 Å². The molecule has 0 atom stereocenters. The molecule has 8 heteroatoms. The summed E-state index contributed by atoms with van der Waals surface area (Å²) in [6.07, 6.45) is 0.981. The number of aromatic nitrogens is 2. The van der Waals surface area contributed by atoms with Gasteiger partial charge in [0.05, 0.1) is 21.9 Å². The lowest BCUT2D eigenvalue weighted by molar-refractivity contribution is 0.619. The first-order chi connectivity index (χ1) is 8.61. The second-order valence-corrected chi connectivity index (χ2v) is 4.07. The van der Waals surface area contributed by atoms with Crippen LogP contribution in [0.5, 0.6) is 0 Å². The van der Waals surface area contributed by atoms with Crippen molar-refractivity contribution < 1.29 is 4.39 Å². The fraction of sp³-hybridized carbons (Fsp3) is 0. The van der Waals surface area contributed by atoms with E-state index in [2.05, 4.69) is 20.7 Å². The van der Waals surface area contributed by atoms with E-state index in [9.17, 15) is 4.39 Å². The van der Waals surface area contributed by atoms with Crippen LogP contribution in [0, 0.1) is 5.82 Å². The van der Waals surface area contributed by atoms with E-state index < -0.39 is 5.82 Å². The second-order valence-electron chi connectivity index (χ2n) is 3.26. The van der Waals surface area contributed by atoms with E-state index in [1.54, 1.807) is 18.2 Å². The van der Waals surface area contributed by atoms with Gasteiger partial charge in [0.25, 0.3) is 0 Å². The van der Waals surface area contributed by atoms with Gasteiger partial charge in [-0.1, -0.05) is 29.3 Å². The molecule has 18 heavy (non-hydrogen) atoms. The molecule has 0 saturated carbocycles. The summed E-state index contributed by atoms with van der Waals surface area (Å²) in [7, 11) is 0. The summed E-state index contributed by atoms with van der Waals surface area (Å²) in [5, 5.41) is 3.40. The number of hydrogen-bond donors (Lipinski definition) is 3. The number of nitrogens with one attached hydrogen (secondary N) is 2. The van der Waals surface area contributed by atoms with E-state index >= 15 is 0 Å². The molecule has 94 valence electrons. The molecule has 0 amide bonds. The normalized spacial score (nSPS) is 10.2. The molecule has 0 unspecified atom stereocenters. The number of para-hydroxylation sites is 1. The summed E-state index contributed by atoms with van der Waals surface area (Å²) in [6, 6.07) is 4.92. The lowest BCUT2D eigenvalue weighted by Gasteiger charge is -2.10. The van der Waals surface area contributed by atoms with Crippen LogP contribution in [0.15, 0.2) is 24.4 Å². The van der Waals surface area contributed by atoms with Crippen LogP contribution < -0.4 is 16.6 Å². The van der Waals surface area contributed by atoms with Crippen LogP contribution >= 0.6 is 23.2 Å². The average molecular weight is 288 g/mol. The molecule has 5 nitrogen and oxygen atoms in total. The number of anilines is 3. The molecule has 1 heterocycles. The Bertz CT molecular complexity index is 558. The average Bonchev–Trinajstić information content (AvgIpc) is 2.36. The minimum Gasteiger partial charge on any atom is -0.335 e. The Morgan fingerprint density at radius 1 is 1.22 bits per heavy atom. The maximum atomic E-state index is 13.5. The Labute approximate surface area is 112 Å². The SMILES string of the molecule is NNc1ncc(F)c(Nc2c(Cl)cccc2Cl)n1. The third kappa shape index (κ3) is 2.61. The highest BCUT2D eigenvalue weighted by Gasteiger charge is 2.11. The highest BCUT2D eigenvalue weighted by Crippen LogP contribution is 2.32. The van der Waals surface area contributed by atoms with Crippen LogP contribution in [0.25, 0.3) is 0 Å². The summed E-state index contributed by atoms with van der Waals surface area (Å²) >= 11 is 11.9. The number of nitrogens with two attached hydrogens (primary N) is 1. The number of benzene rings is 1. The second kappa shape index (κ2) is 5.34. The predicted octanol–water partition coefficient (Wildman–Crippen LogP) is 2.95. The minimum absolute atomic E-state index is 0.0714. The van der Waals surface area contributed by atoms with Gasteiger partial charge in [0, 0.05) is 0 Å². The predicted molar refractivity (Wildman–Crippen MR) is 69.5 cm³/mol. The van der Waals surface area contributed by atoms with Gasteiger partial charge in [-0.2, -0.15) is 4.98 Å². The van der Waals surface area contributed by atoms with Gasteiger partial charge in [-0.25, -0.2) is 15.2 Å². The van der Waals surface area contributed by atoms with Crippen molar-refractivity contribution in [3.05, 3.63) is 40.3 Å². The largest absolute Gasteiger partial charge is 0.335 e. The molecule has 0 aliphatic heterocycles. The summed E-state index contributed by atoms with van der Waals surface area (Å²) in [6.45, 7) is 0. The van der Waals surface area contributed by atoms with Crippen molar-refractivity contribution in [2.75, 3.05) is 10.7 Å². The van der Waals surface area contributed by atoms with Gasteiger partial charge in [-0.05, 0) is 12.1 Å². The first-order valence-corrected chi connectivity index (χ1v) is 5.57. The Morgan fingerprint density at radius 2 is 1.89 bits per heavy atom. The van der Waals surface area contributed by atoms with Crippen molar-refractivity contribution in [2.45, 2.75) is 0 Å². The van der Waals surface area contributed by atoms with Crippen LogP contribution in [0.2, 0.25) is 10.0 Å². The van der Waals surface area contributed by atoms with Gasteiger partial charge < -0.3 is 5.32 Å². The fourth-order valence-corrected chi connectivity index (χ4v) is 1.75. The van der Waals surface area contributed by atoms with E-state index in [4.69, 9.17) is 29.0 Å². The van der Waals surface area contributed by atoms with Crippen LogP contribution in [-0.4, -0.2) is 9.97 Å². The third-order valence-corrected chi connectivity index (χ3v) is 2.71. The highest BCUT2D eigenvalue weighted by molar-refractivity contribution is 6.39. The Kier molecular flexibility index (Phi) is 3.81. The quantitative estimate of drug-likeness (QED) is 0.598. The molecular formula is C10H8Cl2FN5. The van der Waals surface area contributed by atoms with Gasteiger partial charge in [0.1, 0.15) is 0 Å². The molecule has 1 aromatic carbocycles. The fourth-order valence-electron chi connectivity index (χ4n) is 1.26. The lowest BCUT2D eigenvalue weighted by atomic mass is 10.3. The molecule has 0 radical (unpaired) electrons. The lowest BCUT2D eigenvalue weighted by Crippen LogP contribution is -2.12. The molecule has 0 aliphatic rings. The summed E-state index contributed by atoms with van der Waals surface area (Å²) in [5.41, 5.74) is 2.58. The standard InChI is InChI=1S/C10H8Cl2FN5/c11-5-2-1-3-6(12)8(5)16-9-7(13)4-15-10(17-9)18-14/h1-4H,14H2,(H2,15,16,17,18). The van der Waals surface area contributed by atoms with Gasteiger partial charge in [-0.15, -0.1) is 0 Å². The van der Waals surface area contributed by atoms with Crippen LogP contribution in [0.4, 0.5) is 21.8 Å². The van der Waals surface area contributed by atoms with E-state index in [0.717, 1.165) is 6.20 Å². The molecule has 1 aromatic heterocycles. The summed E-state index contributed by atoms with van der Waals surface area (Å²) in [4.78, 5) is 7.43. The monoisotopic (exact) mass is 287 g/mol. The Hall–Kier alpha value is -1.63. The van der Waals surface area contributed by atoms with Crippen molar-refractivity contribution in [1.29, 1.82) is 0 Å². The van der Waals surface area contributed by atoms with Crippen molar-refractivity contribution in [3.8, 4) is 0 Å². The Balaban J connectivity index is 2.39. The molecule has 2 aromatic rings. The zero-order valence-electron chi connectivity index (χ0n) is 8.92. The van der Waals surface area contributed by atoms with Crippen LogP contribution in [0.1, 0.15) is 0 Å². The van der Waals surface area contributed by atoms with Crippen molar-refractivity contribution in [1.82, 2.24) is 9.97 Å². The topological polar surface area (TPSA) is 75.9 Å². The third-order valence-electron chi connectivity index (χ3n) is 2.08. The number of nitrogen functional groups attached to an aromatic ring is 1. The van der Waals surface area contributed by atoms with Crippen LogP contribution in [-0.2, 0) is 0 Å². The minimum atomic E-state index is -0.648. The number of nitrogens with zero attached hydrogens (tertiary/aromatic N) is 2. The summed E-state index contributed by atoms with van der Waals surface area (Å²) < 4.78 is 13.5. The number of hydrogen-bond acceptors (Lipinski definition) is 5. The van der Waals surface area contributed by atoms with Gasteiger partial charge >= 0.3 is 0 Å². The molecule has 0 saturated heterocycles. The molecule has 4 N–H and O–H groups in total. The molecule has 0 spiro atoms. The first kappa shape index (κ1) is 12.8. The van der Waals surface area contributed by atoms with E-state index in [1.807, 2.05) is 0 Å². The van der Waals surface area contributed by atoms with E-state index in [0.29, 0.717) is 15.7 Å². The number of hydrazine groups is 1. The Morgan fingerprint density at radius 3 is 2.50 bits per heavy atom. The zero-order chi connectivity index (χ0) is 13.1. The number of halogens is 3. The smallest absolute Gasteiger partial charge is 0.239 e. The maximum absolute atomic E-state index is 13.5. The van der Waals surface area contributed by atoms with Crippen molar-refractivity contribution in [3.63, 3.8) is 0 Å². The van der Waals surface area contributed by atoms with Crippen molar-refractivity contribution in [2.24, 2.45) is 5.84 Å². The van der Waals surface area contributed by atoms with Gasteiger partial charge in [0.2, 0.25) is 5.95 Å². The first-order valence-electron chi connectivity index (χ1n) is 4.82. The van der Waals surface area contributed by atoms with E-state index in [-0.39, 0.29) is 11.8 Å². The molecule has 0 fully saturated rings. The van der Waals surface area contributed by atoms with Crippen LogP contribution in [0.3, 0.4) is 0 Å². The summed E-state index contributed by atoms with van der Waals surface area (Å²) in [5.74, 6) is 4.49. The molecule has 0 bridgehead atoms. The molecule has 0 aliphatic carbocycles. The highest BCUT2D eigenvalue weighted by atomic mass is 35.5. The van der Waals surface area contributed by atoms with Crippen molar-refractivity contribution >= 4 is 40.7 Å². The van der Waals surface area contributed by atoms with Gasteiger partial charge in [-0.3, -0.25) is 5.43 Å². The number of rotatable bonds is 3. The molecular weight excluding hydrogens is 280 g/mol.